The van der Waals surface area contributed by atoms with Gasteiger partial charge >= 0.3 is 6.18 Å². The number of amides is 1. The molecule has 3 heterocycles. The predicted octanol–water partition coefficient (Wildman–Crippen LogP) is 1.06. The van der Waals surface area contributed by atoms with Crippen molar-refractivity contribution in [1.29, 1.82) is 0 Å². The Balaban J connectivity index is 1.59. The first kappa shape index (κ1) is 16.6. The maximum Gasteiger partial charge on any atom is 0.445 e. The monoisotopic (exact) mass is 361 g/mol. The van der Waals surface area contributed by atoms with Gasteiger partial charge in [-0.05, 0) is 6.92 Å². The molecule has 0 saturated carbocycles. The van der Waals surface area contributed by atoms with E-state index in [-0.39, 0.29) is 11.0 Å². The largest absolute Gasteiger partial charge is 0.445 e. The van der Waals surface area contributed by atoms with Gasteiger partial charge in [-0.3, -0.25) is 4.79 Å². The van der Waals surface area contributed by atoms with Crippen molar-refractivity contribution in [2.24, 2.45) is 0 Å². The molecule has 1 saturated heterocycles. The quantitative estimate of drug-likeness (QED) is 0.813. The van der Waals surface area contributed by atoms with Crippen LogP contribution in [-0.2, 0) is 11.0 Å². The molecule has 24 heavy (non-hydrogen) atoms. The minimum Gasteiger partial charge on any atom is -0.343 e. The lowest BCUT2D eigenvalue weighted by Gasteiger charge is -2.35. The Kier molecular flexibility index (Phi) is 4.39. The fraction of sp³-hybridized carbons (Fsp3) is 0.583. The Labute approximate surface area is 138 Å². The molecule has 0 spiro atoms. The molecule has 2 aromatic rings. The summed E-state index contributed by atoms with van der Waals surface area (Å²) in [5.74, 6) is -0.103. The number of hydrogen-bond acceptors (Lipinski definition) is 7. The average molecular weight is 361 g/mol. The number of carbonyl (C=O) groups excluding carboxylic acids is 1. The van der Waals surface area contributed by atoms with Crippen molar-refractivity contribution in [2.75, 3.05) is 31.1 Å². The van der Waals surface area contributed by atoms with Gasteiger partial charge in [0.05, 0.1) is 0 Å². The van der Waals surface area contributed by atoms with Crippen LogP contribution in [0.2, 0.25) is 0 Å². The maximum absolute atomic E-state index is 12.6. The minimum atomic E-state index is -4.49. The van der Waals surface area contributed by atoms with Crippen LogP contribution in [0, 0.1) is 0 Å². The maximum atomic E-state index is 12.6. The first-order valence-corrected chi connectivity index (χ1v) is 7.96. The van der Waals surface area contributed by atoms with E-state index >= 15 is 0 Å². The first-order chi connectivity index (χ1) is 11.4. The molecular weight excluding hydrogens is 347 g/mol. The second-order valence-corrected chi connectivity index (χ2v) is 6.21. The van der Waals surface area contributed by atoms with Crippen LogP contribution in [0.25, 0.3) is 0 Å². The molecule has 12 heteroatoms. The summed E-state index contributed by atoms with van der Waals surface area (Å²) in [6.07, 6.45) is -1.66. The average Bonchev–Trinajstić information content (AvgIpc) is 3.24. The van der Waals surface area contributed by atoms with Crippen LogP contribution in [0.3, 0.4) is 0 Å². The van der Waals surface area contributed by atoms with E-state index in [2.05, 4.69) is 20.3 Å². The number of hydrogen-bond donors (Lipinski definition) is 0. The molecule has 1 fully saturated rings. The van der Waals surface area contributed by atoms with Crippen LogP contribution >= 0.6 is 11.3 Å². The fourth-order valence-electron chi connectivity index (χ4n) is 2.37. The molecule has 0 radical (unpaired) electrons. The van der Waals surface area contributed by atoms with Crippen LogP contribution in [0.4, 0.5) is 18.3 Å². The van der Waals surface area contributed by atoms with E-state index in [1.165, 1.54) is 17.3 Å². The van der Waals surface area contributed by atoms with Crippen LogP contribution in [0.15, 0.2) is 12.7 Å². The topological polar surface area (TPSA) is 80.0 Å². The predicted molar refractivity (Wildman–Crippen MR) is 78.4 cm³/mol. The summed E-state index contributed by atoms with van der Waals surface area (Å²) in [6.45, 7) is 3.34. The summed E-state index contributed by atoms with van der Waals surface area (Å²) in [6, 6.07) is -0.475. The third-order valence-electron chi connectivity index (χ3n) is 3.71. The van der Waals surface area contributed by atoms with Crippen molar-refractivity contribution in [1.82, 2.24) is 29.9 Å². The van der Waals surface area contributed by atoms with E-state index < -0.39 is 17.2 Å². The molecule has 1 amide bonds. The third-order valence-corrected chi connectivity index (χ3v) is 4.74. The molecular formula is C12H14F3N7OS. The van der Waals surface area contributed by atoms with Gasteiger partial charge in [-0.2, -0.15) is 18.3 Å². The van der Waals surface area contributed by atoms with Gasteiger partial charge in [0, 0.05) is 26.2 Å². The molecule has 0 N–H and O–H groups in total. The van der Waals surface area contributed by atoms with Crippen molar-refractivity contribution in [2.45, 2.75) is 19.1 Å². The lowest BCUT2D eigenvalue weighted by molar-refractivity contribution is -0.138. The zero-order chi connectivity index (χ0) is 17.3. The minimum absolute atomic E-state index is 0.103. The van der Waals surface area contributed by atoms with Crippen LogP contribution in [0.5, 0.6) is 0 Å². The standard InChI is InChI=1S/C12H14F3N7OS/c1-8(22-7-16-6-17-22)9(23)20-2-4-21(5-3-20)11-19-18-10(24-11)12(13,14)15/h6-8H,2-5H2,1H3. The third kappa shape index (κ3) is 3.32. The van der Waals surface area contributed by atoms with Gasteiger partial charge in [0.2, 0.25) is 16.0 Å². The number of carbonyl (C=O) groups is 1. The van der Waals surface area contributed by atoms with Crippen molar-refractivity contribution < 1.29 is 18.0 Å². The van der Waals surface area contributed by atoms with Crippen LogP contribution in [-0.4, -0.2) is 61.9 Å². The summed E-state index contributed by atoms with van der Waals surface area (Å²) >= 11 is 0.513. The molecule has 1 unspecified atom stereocenters. The number of alkyl halides is 3. The molecule has 8 nitrogen and oxygen atoms in total. The molecule has 1 aliphatic rings. The molecule has 130 valence electrons. The summed E-state index contributed by atoms with van der Waals surface area (Å²) in [5.41, 5.74) is 0. The highest BCUT2D eigenvalue weighted by atomic mass is 32.1. The van der Waals surface area contributed by atoms with Crippen LogP contribution in [0.1, 0.15) is 18.0 Å². The van der Waals surface area contributed by atoms with E-state index in [1.54, 1.807) is 16.7 Å². The van der Waals surface area contributed by atoms with Gasteiger partial charge in [-0.25, -0.2) is 9.67 Å². The Hall–Kier alpha value is -2.24. The SMILES string of the molecule is CC(C(=O)N1CCN(c2nnc(C(F)(F)F)s2)CC1)n1cncn1. The normalized spacial score (nSPS) is 17.2. The fourth-order valence-corrected chi connectivity index (χ4v) is 3.13. The highest BCUT2D eigenvalue weighted by molar-refractivity contribution is 7.15. The summed E-state index contributed by atoms with van der Waals surface area (Å²) in [7, 11) is 0. The Morgan fingerprint density at radius 3 is 2.50 bits per heavy atom. The molecule has 1 atom stereocenters. The van der Waals surface area contributed by atoms with Crippen molar-refractivity contribution in [3.63, 3.8) is 0 Å². The van der Waals surface area contributed by atoms with E-state index in [4.69, 9.17) is 0 Å². The first-order valence-electron chi connectivity index (χ1n) is 7.15. The number of rotatable bonds is 3. The van der Waals surface area contributed by atoms with Gasteiger partial charge in [0.15, 0.2) is 0 Å². The lowest BCUT2D eigenvalue weighted by atomic mass is 10.2. The lowest BCUT2D eigenvalue weighted by Crippen LogP contribution is -2.50. The number of halogens is 3. The highest BCUT2D eigenvalue weighted by Crippen LogP contribution is 2.34. The molecule has 2 aromatic heterocycles. The Bertz CT molecular complexity index is 694. The number of nitrogens with zero attached hydrogens (tertiary/aromatic N) is 7. The van der Waals surface area contributed by atoms with Crippen LogP contribution < -0.4 is 4.90 Å². The number of piperazine rings is 1. The Morgan fingerprint density at radius 1 is 1.25 bits per heavy atom. The summed E-state index contributed by atoms with van der Waals surface area (Å²) in [5, 5.41) is 9.99. The van der Waals surface area contributed by atoms with E-state index in [1.807, 2.05) is 0 Å². The van der Waals surface area contributed by atoms with Crippen molar-refractivity contribution >= 4 is 22.4 Å². The van der Waals surface area contributed by atoms with Gasteiger partial charge in [-0.15, -0.1) is 10.2 Å². The zero-order valence-electron chi connectivity index (χ0n) is 12.6. The molecule has 3 rings (SSSR count). The molecule has 0 aliphatic carbocycles. The second-order valence-electron chi connectivity index (χ2n) is 5.25. The number of anilines is 1. The van der Waals surface area contributed by atoms with E-state index in [0.29, 0.717) is 37.5 Å². The van der Waals surface area contributed by atoms with Gasteiger partial charge < -0.3 is 9.80 Å². The molecule has 1 aliphatic heterocycles. The zero-order valence-corrected chi connectivity index (χ0v) is 13.5. The second kappa shape index (κ2) is 6.34. The number of aromatic nitrogens is 5. The van der Waals surface area contributed by atoms with E-state index in [0.717, 1.165) is 0 Å². The summed E-state index contributed by atoms with van der Waals surface area (Å²) in [4.78, 5) is 19.6. The van der Waals surface area contributed by atoms with Gasteiger partial charge in [0.25, 0.3) is 0 Å². The molecule has 0 aromatic carbocycles. The highest BCUT2D eigenvalue weighted by Gasteiger charge is 2.36. The van der Waals surface area contributed by atoms with Crippen molar-refractivity contribution in [3.8, 4) is 0 Å². The molecule has 0 bridgehead atoms. The Morgan fingerprint density at radius 2 is 1.96 bits per heavy atom. The summed E-state index contributed by atoms with van der Waals surface area (Å²) < 4.78 is 39.2. The van der Waals surface area contributed by atoms with E-state index in [9.17, 15) is 18.0 Å². The van der Waals surface area contributed by atoms with Gasteiger partial charge in [-0.1, -0.05) is 11.3 Å². The van der Waals surface area contributed by atoms with Crippen molar-refractivity contribution in [3.05, 3.63) is 17.7 Å². The van der Waals surface area contributed by atoms with Gasteiger partial charge in [0.1, 0.15) is 18.7 Å². The smallest absolute Gasteiger partial charge is 0.343 e.